The molecule has 1 unspecified atom stereocenters. The zero-order chi connectivity index (χ0) is 15.9. The van der Waals surface area contributed by atoms with Crippen molar-refractivity contribution in [2.45, 2.75) is 59.4 Å². The fourth-order valence-corrected chi connectivity index (χ4v) is 3.68. The molecule has 0 spiro atoms. The number of nitrogens with zero attached hydrogens (tertiary/aromatic N) is 2. The minimum absolute atomic E-state index is 0.402. The van der Waals surface area contributed by atoms with Crippen LogP contribution in [0.4, 0.5) is 0 Å². The third kappa shape index (κ3) is 7.62. The minimum Gasteiger partial charge on any atom is -0.314 e. The summed E-state index contributed by atoms with van der Waals surface area (Å²) in [6.45, 7) is 15.4. The predicted octanol–water partition coefficient (Wildman–Crippen LogP) is 3.06. The van der Waals surface area contributed by atoms with Crippen LogP contribution >= 0.6 is 0 Å². The first-order valence-corrected chi connectivity index (χ1v) is 8.95. The lowest BCUT2D eigenvalue weighted by atomic mass is 9.84. The van der Waals surface area contributed by atoms with Crippen LogP contribution in [0.25, 0.3) is 0 Å². The molecule has 1 aliphatic heterocycles. The third-order valence-corrected chi connectivity index (χ3v) is 4.85. The summed E-state index contributed by atoms with van der Waals surface area (Å²) in [7, 11) is 4.57. The third-order valence-electron chi connectivity index (χ3n) is 4.85. The zero-order valence-electron chi connectivity index (χ0n) is 15.4. The van der Waals surface area contributed by atoms with Gasteiger partial charge in [-0.3, -0.25) is 0 Å². The summed E-state index contributed by atoms with van der Waals surface area (Å²) in [5.41, 5.74) is 0.402. The molecule has 0 radical (unpaired) electrons. The average Bonchev–Trinajstić information content (AvgIpc) is 2.39. The highest BCUT2D eigenvalue weighted by Gasteiger charge is 2.27. The fraction of sp³-hybridized carbons (Fsp3) is 1.00. The van der Waals surface area contributed by atoms with E-state index in [2.05, 4.69) is 56.9 Å². The van der Waals surface area contributed by atoms with Crippen molar-refractivity contribution in [2.75, 3.05) is 46.8 Å². The van der Waals surface area contributed by atoms with Gasteiger partial charge in [0.2, 0.25) is 0 Å². The lowest BCUT2D eigenvalue weighted by molar-refractivity contribution is 0.128. The smallest absolute Gasteiger partial charge is 0.00445 e. The molecule has 1 aliphatic rings. The highest BCUT2D eigenvalue weighted by Crippen LogP contribution is 2.25. The molecule has 1 N–H and O–H groups in total. The van der Waals surface area contributed by atoms with Crippen LogP contribution in [0.3, 0.4) is 0 Å². The van der Waals surface area contributed by atoms with E-state index in [4.69, 9.17) is 0 Å². The molecule has 3 heteroatoms. The first-order chi connectivity index (χ1) is 9.84. The molecule has 0 aromatic carbocycles. The van der Waals surface area contributed by atoms with E-state index in [9.17, 15) is 0 Å². The zero-order valence-corrected chi connectivity index (χ0v) is 15.4. The molecule has 21 heavy (non-hydrogen) atoms. The van der Waals surface area contributed by atoms with Gasteiger partial charge in [0.25, 0.3) is 0 Å². The summed E-state index contributed by atoms with van der Waals surface area (Å²) < 4.78 is 0. The molecule has 0 saturated carbocycles. The predicted molar refractivity (Wildman–Crippen MR) is 93.9 cm³/mol. The number of hydrogen-bond donors (Lipinski definition) is 1. The summed E-state index contributed by atoms with van der Waals surface area (Å²) >= 11 is 0. The van der Waals surface area contributed by atoms with E-state index < -0.39 is 0 Å². The van der Waals surface area contributed by atoms with Crippen LogP contribution in [0.1, 0.15) is 53.4 Å². The summed E-state index contributed by atoms with van der Waals surface area (Å²) in [6.07, 6.45) is 5.33. The summed E-state index contributed by atoms with van der Waals surface area (Å²) in [4.78, 5) is 5.05. The maximum atomic E-state index is 3.65. The van der Waals surface area contributed by atoms with Crippen LogP contribution < -0.4 is 5.32 Å². The Hall–Kier alpha value is -0.120. The van der Waals surface area contributed by atoms with Gasteiger partial charge in [-0.1, -0.05) is 34.1 Å². The van der Waals surface area contributed by atoms with Gasteiger partial charge in [0.15, 0.2) is 0 Å². The van der Waals surface area contributed by atoms with Gasteiger partial charge in [0.05, 0.1) is 0 Å². The van der Waals surface area contributed by atoms with Crippen molar-refractivity contribution in [1.82, 2.24) is 15.1 Å². The first kappa shape index (κ1) is 18.9. The van der Waals surface area contributed by atoms with Crippen molar-refractivity contribution in [3.8, 4) is 0 Å². The summed E-state index contributed by atoms with van der Waals surface area (Å²) in [5, 5.41) is 3.65. The number of rotatable bonds is 9. The van der Waals surface area contributed by atoms with Crippen molar-refractivity contribution in [3.05, 3.63) is 0 Å². The largest absolute Gasteiger partial charge is 0.314 e. The molecular weight excluding hydrogens is 258 g/mol. The van der Waals surface area contributed by atoms with E-state index in [1.165, 1.54) is 51.9 Å². The normalized spacial score (nSPS) is 21.1. The van der Waals surface area contributed by atoms with E-state index in [-0.39, 0.29) is 0 Å². The fourth-order valence-electron chi connectivity index (χ4n) is 3.68. The second-order valence-electron chi connectivity index (χ2n) is 8.04. The molecule has 1 heterocycles. The van der Waals surface area contributed by atoms with Crippen LogP contribution in [0.2, 0.25) is 0 Å². The molecule has 126 valence electrons. The molecule has 1 fully saturated rings. The van der Waals surface area contributed by atoms with Gasteiger partial charge >= 0.3 is 0 Å². The Morgan fingerprint density at radius 3 is 2.43 bits per heavy atom. The molecule has 0 aromatic rings. The highest BCUT2D eigenvalue weighted by molar-refractivity contribution is 4.82. The van der Waals surface area contributed by atoms with Crippen molar-refractivity contribution >= 4 is 0 Å². The Balaban J connectivity index is 2.41. The number of likely N-dealkylation sites (tertiary alicyclic amines) is 1. The molecule has 1 atom stereocenters. The minimum atomic E-state index is 0.402. The number of nitrogens with one attached hydrogen (secondary N) is 1. The lowest BCUT2D eigenvalue weighted by Gasteiger charge is -2.37. The standard InChI is InChI=1S/C18H39N3/c1-7-10-18(4,14-19-16(2)3)15-21(6)13-17-8-11-20(5)12-9-17/h16-17,19H,7-15H2,1-6H3. The van der Waals surface area contributed by atoms with Crippen molar-refractivity contribution < 1.29 is 0 Å². The van der Waals surface area contributed by atoms with Crippen LogP contribution in [-0.2, 0) is 0 Å². The van der Waals surface area contributed by atoms with E-state index in [1.54, 1.807) is 0 Å². The molecular formula is C18H39N3. The van der Waals surface area contributed by atoms with E-state index in [0.29, 0.717) is 11.5 Å². The Morgan fingerprint density at radius 2 is 1.90 bits per heavy atom. The Bertz CT molecular complexity index is 272. The van der Waals surface area contributed by atoms with Crippen LogP contribution in [-0.4, -0.2) is 62.7 Å². The SMILES string of the molecule is CCCC(C)(CNC(C)C)CN(C)CC1CCN(C)CC1. The summed E-state index contributed by atoms with van der Waals surface area (Å²) in [5.74, 6) is 0.898. The van der Waals surface area contributed by atoms with Crippen LogP contribution in [0.5, 0.6) is 0 Å². The van der Waals surface area contributed by atoms with Gasteiger partial charge in [0, 0.05) is 25.7 Å². The monoisotopic (exact) mass is 297 g/mol. The highest BCUT2D eigenvalue weighted by atomic mass is 15.1. The van der Waals surface area contributed by atoms with Gasteiger partial charge in [-0.15, -0.1) is 0 Å². The molecule has 1 rings (SSSR count). The first-order valence-electron chi connectivity index (χ1n) is 8.95. The molecule has 3 nitrogen and oxygen atoms in total. The maximum absolute atomic E-state index is 3.65. The maximum Gasteiger partial charge on any atom is 0.00445 e. The molecule has 1 saturated heterocycles. The van der Waals surface area contributed by atoms with E-state index >= 15 is 0 Å². The molecule has 0 aromatic heterocycles. The van der Waals surface area contributed by atoms with Crippen molar-refractivity contribution in [1.29, 1.82) is 0 Å². The average molecular weight is 298 g/mol. The summed E-state index contributed by atoms with van der Waals surface area (Å²) in [6, 6.07) is 0.584. The quantitative estimate of drug-likeness (QED) is 0.705. The van der Waals surface area contributed by atoms with Gasteiger partial charge in [0.1, 0.15) is 0 Å². The van der Waals surface area contributed by atoms with Gasteiger partial charge < -0.3 is 15.1 Å². The Labute approximate surface area is 133 Å². The topological polar surface area (TPSA) is 18.5 Å². The second kappa shape index (κ2) is 9.12. The Morgan fingerprint density at radius 1 is 1.29 bits per heavy atom. The lowest BCUT2D eigenvalue weighted by Crippen LogP contribution is -2.44. The van der Waals surface area contributed by atoms with E-state index in [0.717, 1.165) is 12.5 Å². The van der Waals surface area contributed by atoms with Gasteiger partial charge in [-0.25, -0.2) is 0 Å². The van der Waals surface area contributed by atoms with Crippen LogP contribution in [0.15, 0.2) is 0 Å². The molecule has 0 aliphatic carbocycles. The molecule has 0 amide bonds. The van der Waals surface area contributed by atoms with Crippen molar-refractivity contribution in [2.24, 2.45) is 11.3 Å². The molecule has 0 bridgehead atoms. The number of hydrogen-bond acceptors (Lipinski definition) is 3. The second-order valence-corrected chi connectivity index (χ2v) is 8.04. The van der Waals surface area contributed by atoms with Gasteiger partial charge in [-0.2, -0.15) is 0 Å². The van der Waals surface area contributed by atoms with Crippen LogP contribution in [0, 0.1) is 11.3 Å². The van der Waals surface area contributed by atoms with Crippen molar-refractivity contribution in [3.63, 3.8) is 0 Å². The Kier molecular flexibility index (Phi) is 8.22. The number of piperidine rings is 1. The van der Waals surface area contributed by atoms with E-state index in [1.807, 2.05) is 0 Å². The van der Waals surface area contributed by atoms with Gasteiger partial charge in [-0.05, 0) is 57.8 Å².